The van der Waals surface area contributed by atoms with Crippen molar-refractivity contribution in [3.05, 3.63) is 99.1 Å². The highest BCUT2D eigenvalue weighted by molar-refractivity contribution is 6.31. The van der Waals surface area contributed by atoms with E-state index in [-0.39, 0.29) is 45.1 Å². The van der Waals surface area contributed by atoms with Gasteiger partial charge in [-0.05, 0) is 36.4 Å². The Morgan fingerprint density at radius 1 is 1.17 bits per heavy atom. The number of fused-ring (bicyclic) bond motifs is 1. The van der Waals surface area contributed by atoms with E-state index in [0.717, 1.165) is 10.6 Å². The van der Waals surface area contributed by atoms with Crippen LogP contribution in [0.4, 0.5) is 4.39 Å². The van der Waals surface area contributed by atoms with Crippen molar-refractivity contribution >= 4 is 28.3 Å². The van der Waals surface area contributed by atoms with Crippen LogP contribution in [-0.4, -0.2) is 20.3 Å². The van der Waals surface area contributed by atoms with Gasteiger partial charge in [0, 0.05) is 11.8 Å². The van der Waals surface area contributed by atoms with Crippen molar-refractivity contribution < 1.29 is 9.18 Å². The number of benzene rings is 2. The van der Waals surface area contributed by atoms with Gasteiger partial charge in [-0.25, -0.2) is 14.4 Å². The normalized spacial score (nSPS) is 10.7. The van der Waals surface area contributed by atoms with Crippen LogP contribution in [0, 0.1) is 17.1 Å². The molecule has 8 heteroatoms. The number of aromatic nitrogens is 3. The molecule has 0 bridgehead atoms. The van der Waals surface area contributed by atoms with Gasteiger partial charge in [0.1, 0.15) is 11.6 Å². The Kier molecular flexibility index (Phi) is 5.09. The fraction of sp³-hybridized carbons (Fsp3) is 0.0455. The van der Waals surface area contributed by atoms with Crippen LogP contribution in [0.15, 0.2) is 65.6 Å². The quantitative estimate of drug-likeness (QED) is 0.371. The zero-order valence-electron chi connectivity index (χ0n) is 15.3. The molecular weight excluding hydrogens is 407 g/mol. The lowest BCUT2D eigenvalue weighted by Crippen LogP contribution is -2.26. The molecule has 2 aromatic heterocycles. The number of nitrogens with zero attached hydrogens (tertiary/aromatic N) is 4. The maximum atomic E-state index is 13.7. The first-order valence-corrected chi connectivity index (χ1v) is 9.22. The lowest BCUT2D eigenvalue weighted by molar-refractivity contribution is 0.0990. The van der Waals surface area contributed by atoms with Gasteiger partial charge in [0.15, 0.2) is 10.9 Å². The summed E-state index contributed by atoms with van der Waals surface area (Å²) in [4.78, 5) is 34.5. The summed E-state index contributed by atoms with van der Waals surface area (Å²) in [5, 5.41) is 9.36. The van der Waals surface area contributed by atoms with Gasteiger partial charge >= 0.3 is 0 Å². The SMILES string of the molecule is N#Cc1ccccc1C(=O)Cc1nc2ccc(F)cc2c(=O)n1-c1cccnc1Cl. The Morgan fingerprint density at radius 2 is 1.97 bits per heavy atom. The molecule has 2 aromatic carbocycles. The zero-order chi connectivity index (χ0) is 21.3. The van der Waals surface area contributed by atoms with Gasteiger partial charge in [-0.3, -0.25) is 14.2 Å². The molecule has 2 heterocycles. The summed E-state index contributed by atoms with van der Waals surface area (Å²) in [6, 6.07) is 15.1. The highest BCUT2D eigenvalue weighted by Crippen LogP contribution is 2.21. The van der Waals surface area contributed by atoms with E-state index in [1.807, 2.05) is 6.07 Å². The molecule has 0 fully saturated rings. The molecule has 0 N–H and O–H groups in total. The third kappa shape index (κ3) is 3.45. The third-order valence-electron chi connectivity index (χ3n) is 4.55. The summed E-state index contributed by atoms with van der Waals surface area (Å²) in [6.07, 6.45) is 1.19. The van der Waals surface area contributed by atoms with E-state index in [2.05, 4.69) is 9.97 Å². The van der Waals surface area contributed by atoms with Crippen molar-refractivity contribution in [1.82, 2.24) is 14.5 Å². The van der Waals surface area contributed by atoms with E-state index >= 15 is 0 Å². The van der Waals surface area contributed by atoms with Crippen LogP contribution in [-0.2, 0) is 6.42 Å². The van der Waals surface area contributed by atoms with E-state index in [1.54, 1.807) is 24.3 Å². The van der Waals surface area contributed by atoms with Crippen molar-refractivity contribution in [2.75, 3.05) is 0 Å². The van der Waals surface area contributed by atoms with Crippen molar-refractivity contribution in [2.45, 2.75) is 6.42 Å². The number of carbonyl (C=O) groups excluding carboxylic acids is 1. The smallest absolute Gasteiger partial charge is 0.266 e. The highest BCUT2D eigenvalue weighted by Gasteiger charge is 2.20. The lowest BCUT2D eigenvalue weighted by atomic mass is 10.0. The number of halogens is 2. The maximum Gasteiger partial charge on any atom is 0.266 e. The van der Waals surface area contributed by atoms with E-state index < -0.39 is 17.2 Å². The molecule has 0 saturated heterocycles. The zero-order valence-corrected chi connectivity index (χ0v) is 16.1. The van der Waals surface area contributed by atoms with E-state index in [4.69, 9.17) is 11.6 Å². The van der Waals surface area contributed by atoms with Crippen LogP contribution >= 0.6 is 11.6 Å². The van der Waals surface area contributed by atoms with Crippen LogP contribution < -0.4 is 5.56 Å². The molecule has 0 spiro atoms. The van der Waals surface area contributed by atoms with Crippen LogP contribution in [0.2, 0.25) is 5.15 Å². The molecule has 0 aliphatic carbocycles. The predicted molar refractivity (Wildman–Crippen MR) is 109 cm³/mol. The summed E-state index contributed by atoms with van der Waals surface area (Å²) in [5.74, 6) is -0.877. The molecule has 30 heavy (non-hydrogen) atoms. The average Bonchev–Trinajstić information content (AvgIpc) is 2.75. The minimum atomic E-state index is -0.586. The van der Waals surface area contributed by atoms with Crippen LogP contribution in [0.1, 0.15) is 21.7 Å². The van der Waals surface area contributed by atoms with Gasteiger partial charge in [0.2, 0.25) is 0 Å². The standard InChI is InChI=1S/C22H12ClFN4O2/c23-21-18(6-3-9-26-21)28-20(11-19(29)15-5-2-1-4-13(15)12-25)27-17-8-7-14(24)10-16(17)22(28)30/h1-10H,11H2. The number of ketones is 1. The Balaban J connectivity index is 1.95. The van der Waals surface area contributed by atoms with Gasteiger partial charge < -0.3 is 0 Å². The molecule has 4 rings (SSSR count). The minimum absolute atomic E-state index is 0.0308. The Bertz CT molecular complexity index is 1410. The van der Waals surface area contributed by atoms with Crippen LogP contribution in [0.5, 0.6) is 0 Å². The number of nitriles is 1. The van der Waals surface area contributed by atoms with Gasteiger partial charge in [-0.15, -0.1) is 0 Å². The highest BCUT2D eigenvalue weighted by atomic mass is 35.5. The molecule has 0 atom stereocenters. The molecule has 4 aromatic rings. The summed E-state index contributed by atoms with van der Waals surface area (Å²) < 4.78 is 14.9. The number of hydrogen-bond acceptors (Lipinski definition) is 5. The average molecular weight is 419 g/mol. The summed E-state index contributed by atoms with van der Waals surface area (Å²) in [5.41, 5.74) is 0.329. The Morgan fingerprint density at radius 3 is 2.73 bits per heavy atom. The van der Waals surface area contributed by atoms with Gasteiger partial charge in [0.05, 0.1) is 34.6 Å². The number of carbonyl (C=O) groups is 1. The second-order valence-electron chi connectivity index (χ2n) is 6.40. The second-order valence-corrected chi connectivity index (χ2v) is 6.76. The predicted octanol–water partition coefficient (Wildman–Crippen LogP) is 3.87. The Hall–Kier alpha value is -3.89. The fourth-order valence-corrected chi connectivity index (χ4v) is 3.38. The largest absolute Gasteiger partial charge is 0.294 e. The van der Waals surface area contributed by atoms with Crippen LogP contribution in [0.3, 0.4) is 0 Å². The fourth-order valence-electron chi connectivity index (χ4n) is 3.18. The number of hydrogen-bond donors (Lipinski definition) is 0. The summed E-state index contributed by atoms with van der Waals surface area (Å²) >= 11 is 6.19. The first-order valence-electron chi connectivity index (χ1n) is 8.84. The minimum Gasteiger partial charge on any atom is -0.294 e. The van der Waals surface area contributed by atoms with Crippen molar-refractivity contribution in [1.29, 1.82) is 5.26 Å². The van der Waals surface area contributed by atoms with Gasteiger partial charge in [-0.1, -0.05) is 29.8 Å². The topological polar surface area (TPSA) is 88.6 Å². The summed E-state index contributed by atoms with van der Waals surface area (Å²) in [6.45, 7) is 0. The molecular formula is C22H12ClFN4O2. The summed E-state index contributed by atoms with van der Waals surface area (Å²) in [7, 11) is 0. The first kappa shape index (κ1) is 19.4. The van der Waals surface area contributed by atoms with Gasteiger partial charge in [0.25, 0.3) is 5.56 Å². The monoisotopic (exact) mass is 418 g/mol. The lowest BCUT2D eigenvalue weighted by Gasteiger charge is -2.14. The van der Waals surface area contributed by atoms with Gasteiger partial charge in [-0.2, -0.15) is 5.26 Å². The molecule has 0 unspecified atom stereocenters. The van der Waals surface area contributed by atoms with E-state index in [0.29, 0.717) is 0 Å². The van der Waals surface area contributed by atoms with E-state index in [9.17, 15) is 19.2 Å². The number of rotatable bonds is 4. The molecule has 0 amide bonds. The molecule has 0 aliphatic rings. The molecule has 0 saturated carbocycles. The molecule has 146 valence electrons. The van der Waals surface area contributed by atoms with Crippen LogP contribution in [0.25, 0.3) is 16.6 Å². The first-order chi connectivity index (χ1) is 14.5. The third-order valence-corrected chi connectivity index (χ3v) is 4.84. The van der Waals surface area contributed by atoms with Crippen molar-refractivity contribution in [3.63, 3.8) is 0 Å². The van der Waals surface area contributed by atoms with Crippen molar-refractivity contribution in [2.24, 2.45) is 0 Å². The molecule has 6 nitrogen and oxygen atoms in total. The molecule has 0 aliphatic heterocycles. The maximum absolute atomic E-state index is 13.7. The Labute approximate surface area is 174 Å². The molecule has 0 radical (unpaired) electrons. The number of Topliss-reactive ketones (excluding diaryl/α,β-unsaturated/α-hetero) is 1. The number of pyridine rings is 1. The van der Waals surface area contributed by atoms with E-state index in [1.165, 1.54) is 30.5 Å². The van der Waals surface area contributed by atoms with Crippen molar-refractivity contribution in [3.8, 4) is 11.8 Å². The second kappa shape index (κ2) is 7.85.